The summed E-state index contributed by atoms with van der Waals surface area (Å²) in [4.78, 5) is 29.3. The van der Waals surface area contributed by atoms with Gasteiger partial charge in [0, 0.05) is 31.1 Å². The minimum Gasteiger partial charge on any atom is -0.493 e. The van der Waals surface area contributed by atoms with Gasteiger partial charge in [0.15, 0.2) is 0 Å². The summed E-state index contributed by atoms with van der Waals surface area (Å²) in [6.45, 7) is 2.78. The summed E-state index contributed by atoms with van der Waals surface area (Å²) in [6, 6.07) is 13.4. The van der Waals surface area contributed by atoms with Crippen molar-refractivity contribution in [2.24, 2.45) is 0 Å². The summed E-state index contributed by atoms with van der Waals surface area (Å²) < 4.78 is 5.57. The van der Waals surface area contributed by atoms with Crippen LogP contribution in [0.2, 0.25) is 0 Å². The van der Waals surface area contributed by atoms with Gasteiger partial charge < -0.3 is 14.5 Å². The number of hydrogen-bond acceptors (Lipinski definition) is 4. The number of amides is 2. The Bertz CT molecular complexity index is 680. The van der Waals surface area contributed by atoms with Crippen LogP contribution in [0.4, 0.5) is 0 Å². The maximum atomic E-state index is 12.3. The number of para-hydroxylation sites is 1. The fraction of sp³-hybridized carbons (Fsp3) is 0.368. The van der Waals surface area contributed by atoms with E-state index in [0.29, 0.717) is 45.6 Å². The lowest BCUT2D eigenvalue weighted by Gasteiger charge is -2.34. The highest BCUT2D eigenvalue weighted by Gasteiger charge is 2.24. The first kappa shape index (κ1) is 17.5. The molecule has 0 radical (unpaired) electrons. The quantitative estimate of drug-likeness (QED) is 0.797. The number of ether oxygens (including phenoxy) is 1. The molecule has 2 amide bonds. The smallest absolute Gasteiger partial charge is 0.227 e. The number of piperazine rings is 1. The van der Waals surface area contributed by atoms with Crippen LogP contribution in [0.3, 0.4) is 0 Å². The third-order valence-corrected chi connectivity index (χ3v) is 5.09. The lowest BCUT2D eigenvalue weighted by Crippen LogP contribution is -2.51. The number of benzene rings is 1. The van der Waals surface area contributed by atoms with Crippen molar-refractivity contribution >= 4 is 23.2 Å². The molecular weight excluding hydrogens is 336 g/mol. The minimum atomic E-state index is 0.0845. The van der Waals surface area contributed by atoms with Crippen LogP contribution >= 0.6 is 11.3 Å². The number of nitrogens with zero attached hydrogens (tertiary/aromatic N) is 2. The topological polar surface area (TPSA) is 49.9 Å². The van der Waals surface area contributed by atoms with Gasteiger partial charge in [0.2, 0.25) is 11.8 Å². The van der Waals surface area contributed by atoms with Crippen LogP contribution in [0.25, 0.3) is 0 Å². The van der Waals surface area contributed by atoms with Gasteiger partial charge >= 0.3 is 0 Å². The van der Waals surface area contributed by atoms with E-state index in [9.17, 15) is 9.59 Å². The average Bonchev–Trinajstić information content (AvgIpc) is 3.15. The Labute approximate surface area is 151 Å². The molecule has 1 aromatic carbocycles. The maximum absolute atomic E-state index is 12.3. The van der Waals surface area contributed by atoms with E-state index in [1.54, 1.807) is 11.3 Å². The third-order valence-electron chi connectivity index (χ3n) is 4.22. The van der Waals surface area contributed by atoms with E-state index in [0.717, 1.165) is 10.6 Å². The first-order chi connectivity index (χ1) is 12.2. The molecule has 0 spiro atoms. The Balaban J connectivity index is 1.38. The zero-order chi connectivity index (χ0) is 17.5. The summed E-state index contributed by atoms with van der Waals surface area (Å²) in [6.07, 6.45) is 0.814. The van der Waals surface area contributed by atoms with Crippen LogP contribution in [-0.4, -0.2) is 54.4 Å². The summed E-state index contributed by atoms with van der Waals surface area (Å²) >= 11 is 1.60. The van der Waals surface area contributed by atoms with E-state index in [2.05, 4.69) is 0 Å². The van der Waals surface area contributed by atoms with Crippen molar-refractivity contribution in [1.82, 2.24) is 9.80 Å². The molecular formula is C19H22N2O3S. The molecule has 132 valence electrons. The molecule has 1 aliphatic heterocycles. The number of thiophene rings is 1. The van der Waals surface area contributed by atoms with E-state index in [1.165, 1.54) is 0 Å². The molecule has 1 saturated heterocycles. The molecule has 5 nitrogen and oxygen atoms in total. The van der Waals surface area contributed by atoms with Gasteiger partial charge in [-0.3, -0.25) is 9.59 Å². The highest BCUT2D eigenvalue weighted by Crippen LogP contribution is 2.13. The van der Waals surface area contributed by atoms with Crippen LogP contribution in [0.5, 0.6) is 5.75 Å². The van der Waals surface area contributed by atoms with E-state index in [1.807, 2.05) is 57.6 Å². The molecule has 0 aliphatic carbocycles. The molecule has 6 heteroatoms. The Hall–Kier alpha value is -2.34. The van der Waals surface area contributed by atoms with Gasteiger partial charge in [0.1, 0.15) is 5.75 Å². The Kier molecular flexibility index (Phi) is 6.06. The lowest BCUT2D eigenvalue weighted by molar-refractivity contribution is -0.139. The van der Waals surface area contributed by atoms with Gasteiger partial charge in [-0.05, 0) is 23.6 Å². The molecule has 25 heavy (non-hydrogen) atoms. The van der Waals surface area contributed by atoms with Crippen molar-refractivity contribution in [2.45, 2.75) is 12.8 Å². The van der Waals surface area contributed by atoms with E-state index < -0.39 is 0 Å². The fourth-order valence-corrected chi connectivity index (χ4v) is 3.51. The summed E-state index contributed by atoms with van der Waals surface area (Å²) in [5.41, 5.74) is 0. The number of rotatable bonds is 6. The molecule has 1 fully saturated rings. The van der Waals surface area contributed by atoms with Crippen LogP contribution in [0.1, 0.15) is 11.3 Å². The van der Waals surface area contributed by atoms with Gasteiger partial charge in [0.25, 0.3) is 0 Å². The maximum Gasteiger partial charge on any atom is 0.227 e. The highest BCUT2D eigenvalue weighted by molar-refractivity contribution is 7.10. The monoisotopic (exact) mass is 358 g/mol. The van der Waals surface area contributed by atoms with Crippen LogP contribution < -0.4 is 4.74 Å². The predicted molar refractivity (Wildman–Crippen MR) is 97.7 cm³/mol. The van der Waals surface area contributed by atoms with Gasteiger partial charge in [0.05, 0.1) is 19.4 Å². The van der Waals surface area contributed by atoms with E-state index in [4.69, 9.17) is 4.74 Å². The second-order valence-electron chi connectivity index (χ2n) is 5.93. The summed E-state index contributed by atoms with van der Waals surface area (Å²) in [5.74, 6) is 1.00. The highest BCUT2D eigenvalue weighted by atomic mass is 32.1. The predicted octanol–water partition coefficient (Wildman–Crippen LogP) is 2.43. The Morgan fingerprint density at radius 2 is 1.60 bits per heavy atom. The van der Waals surface area contributed by atoms with Crippen LogP contribution in [0, 0.1) is 0 Å². The van der Waals surface area contributed by atoms with Crippen molar-refractivity contribution in [2.75, 3.05) is 32.8 Å². The fourth-order valence-electron chi connectivity index (χ4n) is 2.81. The average molecular weight is 358 g/mol. The molecule has 0 saturated carbocycles. The molecule has 0 atom stereocenters. The lowest BCUT2D eigenvalue weighted by atomic mass is 10.2. The molecule has 2 heterocycles. The zero-order valence-corrected chi connectivity index (χ0v) is 14.9. The first-order valence-electron chi connectivity index (χ1n) is 8.48. The molecule has 2 aromatic rings. The second kappa shape index (κ2) is 8.67. The minimum absolute atomic E-state index is 0.0845. The van der Waals surface area contributed by atoms with Gasteiger partial charge in [-0.15, -0.1) is 11.3 Å². The van der Waals surface area contributed by atoms with Crippen molar-refractivity contribution < 1.29 is 14.3 Å². The normalized spacial score (nSPS) is 14.4. The number of carbonyl (C=O) groups is 2. The van der Waals surface area contributed by atoms with Crippen molar-refractivity contribution in [3.8, 4) is 5.75 Å². The van der Waals surface area contributed by atoms with Crippen LogP contribution in [-0.2, 0) is 16.0 Å². The van der Waals surface area contributed by atoms with Crippen LogP contribution in [0.15, 0.2) is 47.8 Å². The Morgan fingerprint density at radius 3 is 2.24 bits per heavy atom. The van der Waals surface area contributed by atoms with Gasteiger partial charge in [-0.1, -0.05) is 24.3 Å². The van der Waals surface area contributed by atoms with Crippen molar-refractivity contribution in [3.63, 3.8) is 0 Å². The molecule has 0 bridgehead atoms. The first-order valence-corrected chi connectivity index (χ1v) is 9.36. The number of carbonyl (C=O) groups excluding carboxylic acids is 2. The van der Waals surface area contributed by atoms with Crippen molar-refractivity contribution in [1.29, 1.82) is 0 Å². The van der Waals surface area contributed by atoms with Gasteiger partial charge in [-0.2, -0.15) is 0 Å². The molecule has 3 rings (SSSR count). The number of hydrogen-bond donors (Lipinski definition) is 0. The molecule has 1 aromatic heterocycles. The molecule has 0 N–H and O–H groups in total. The second-order valence-corrected chi connectivity index (χ2v) is 6.96. The van der Waals surface area contributed by atoms with Crippen molar-refractivity contribution in [3.05, 3.63) is 52.7 Å². The zero-order valence-electron chi connectivity index (χ0n) is 14.1. The van der Waals surface area contributed by atoms with E-state index in [-0.39, 0.29) is 11.8 Å². The largest absolute Gasteiger partial charge is 0.493 e. The summed E-state index contributed by atoms with van der Waals surface area (Å²) in [7, 11) is 0. The Morgan fingerprint density at radius 1 is 0.920 bits per heavy atom. The van der Waals surface area contributed by atoms with Gasteiger partial charge in [-0.25, -0.2) is 0 Å². The molecule has 0 unspecified atom stereocenters. The third kappa shape index (κ3) is 5.06. The molecule has 1 aliphatic rings. The van der Waals surface area contributed by atoms with E-state index >= 15 is 0 Å². The summed E-state index contributed by atoms with van der Waals surface area (Å²) in [5, 5.41) is 1.98. The standard InChI is InChI=1S/C19H22N2O3S/c22-18(8-13-24-16-5-2-1-3-6-16)20-9-11-21(12-10-20)19(23)15-17-7-4-14-25-17/h1-7,14H,8-13,15H2. The SMILES string of the molecule is O=C(CCOc1ccccc1)N1CCN(C(=O)Cc2cccs2)CC1.